The first-order valence-corrected chi connectivity index (χ1v) is 8.55. The molecule has 24 heavy (non-hydrogen) atoms. The lowest BCUT2D eigenvalue weighted by molar-refractivity contribution is -0.122. The summed E-state index contributed by atoms with van der Waals surface area (Å²) in [5.74, 6) is 0.508. The van der Waals surface area contributed by atoms with Crippen LogP contribution < -0.4 is 10.1 Å². The van der Waals surface area contributed by atoms with E-state index in [1.54, 1.807) is 6.92 Å². The maximum Gasteiger partial charge on any atom is 0.265 e. The van der Waals surface area contributed by atoms with Crippen molar-refractivity contribution in [1.29, 1.82) is 0 Å². The van der Waals surface area contributed by atoms with Crippen LogP contribution in [0.3, 0.4) is 0 Å². The maximum atomic E-state index is 12.3. The zero-order valence-corrected chi connectivity index (χ0v) is 15.1. The summed E-state index contributed by atoms with van der Waals surface area (Å²) in [7, 11) is 0. The van der Waals surface area contributed by atoms with Crippen LogP contribution in [0.15, 0.2) is 65.1 Å². The van der Waals surface area contributed by atoms with Crippen LogP contribution in [0, 0.1) is 6.92 Å². The molecule has 0 aromatic heterocycles. The van der Waals surface area contributed by atoms with Crippen molar-refractivity contribution in [3.8, 4) is 5.75 Å². The van der Waals surface area contributed by atoms with Gasteiger partial charge in [0, 0.05) is 10.2 Å². The van der Waals surface area contributed by atoms with E-state index in [1.807, 2.05) is 67.6 Å². The lowest BCUT2D eigenvalue weighted by atomic mass is 10.1. The number of carbonyl (C=O) groups is 1. The highest BCUT2D eigenvalue weighted by Gasteiger charge is 2.15. The molecule has 3 aromatic rings. The summed E-state index contributed by atoms with van der Waals surface area (Å²) in [5, 5.41) is 5.12. The second-order valence-electron chi connectivity index (χ2n) is 5.72. The minimum Gasteiger partial charge on any atom is -0.481 e. The van der Waals surface area contributed by atoms with Gasteiger partial charge in [0.15, 0.2) is 6.10 Å². The van der Waals surface area contributed by atoms with E-state index in [0.29, 0.717) is 5.75 Å². The van der Waals surface area contributed by atoms with Crippen LogP contribution in [0.1, 0.15) is 12.5 Å². The first-order valence-electron chi connectivity index (χ1n) is 7.75. The number of hydrogen-bond acceptors (Lipinski definition) is 2. The van der Waals surface area contributed by atoms with Crippen LogP contribution in [0.5, 0.6) is 5.75 Å². The Bertz CT molecular complexity index is 892. The van der Waals surface area contributed by atoms with Crippen molar-refractivity contribution in [3.05, 3.63) is 70.7 Å². The van der Waals surface area contributed by atoms with E-state index >= 15 is 0 Å². The molecular formula is C20H18BrNO2. The number of hydrogen-bond donors (Lipinski definition) is 1. The summed E-state index contributed by atoms with van der Waals surface area (Å²) < 4.78 is 6.80. The van der Waals surface area contributed by atoms with Gasteiger partial charge in [-0.1, -0.05) is 46.3 Å². The van der Waals surface area contributed by atoms with Crippen molar-refractivity contribution in [2.45, 2.75) is 20.0 Å². The summed E-state index contributed by atoms with van der Waals surface area (Å²) in [6.45, 7) is 3.73. The average molecular weight is 384 g/mol. The predicted molar refractivity (Wildman–Crippen MR) is 102 cm³/mol. The van der Waals surface area contributed by atoms with E-state index in [-0.39, 0.29) is 5.91 Å². The Morgan fingerprint density at radius 2 is 1.79 bits per heavy atom. The molecular weight excluding hydrogens is 366 g/mol. The van der Waals surface area contributed by atoms with Gasteiger partial charge in [-0.15, -0.1) is 0 Å². The fourth-order valence-corrected chi connectivity index (χ4v) is 2.71. The summed E-state index contributed by atoms with van der Waals surface area (Å²) in [6, 6.07) is 19.6. The largest absolute Gasteiger partial charge is 0.481 e. The highest BCUT2D eigenvalue weighted by Crippen LogP contribution is 2.23. The standard InChI is InChI=1S/C20H18BrNO2/c1-13-11-17(8-10-19(13)21)22-20(23)14(2)24-18-9-7-15-5-3-4-6-16(15)12-18/h3-12,14H,1-2H3,(H,22,23)/t14-/m0/s1. The molecule has 3 aromatic carbocycles. The smallest absolute Gasteiger partial charge is 0.265 e. The van der Waals surface area contributed by atoms with Crippen LogP contribution in [-0.2, 0) is 4.79 Å². The molecule has 0 unspecified atom stereocenters. The van der Waals surface area contributed by atoms with Gasteiger partial charge in [0.1, 0.15) is 5.75 Å². The molecule has 0 radical (unpaired) electrons. The van der Waals surface area contributed by atoms with E-state index in [2.05, 4.69) is 21.2 Å². The van der Waals surface area contributed by atoms with Crippen LogP contribution in [0.2, 0.25) is 0 Å². The Labute approximate surface area is 149 Å². The third-order valence-corrected chi connectivity index (χ3v) is 4.72. The van der Waals surface area contributed by atoms with Gasteiger partial charge in [0.2, 0.25) is 0 Å². The van der Waals surface area contributed by atoms with Gasteiger partial charge in [0.25, 0.3) is 5.91 Å². The van der Waals surface area contributed by atoms with Crippen molar-refractivity contribution in [2.75, 3.05) is 5.32 Å². The predicted octanol–water partition coefficient (Wildman–Crippen LogP) is 5.32. The Kier molecular flexibility index (Phi) is 4.86. The van der Waals surface area contributed by atoms with Crippen molar-refractivity contribution >= 4 is 38.3 Å². The van der Waals surface area contributed by atoms with E-state index < -0.39 is 6.10 Å². The highest BCUT2D eigenvalue weighted by molar-refractivity contribution is 9.10. The van der Waals surface area contributed by atoms with Crippen molar-refractivity contribution in [1.82, 2.24) is 0 Å². The molecule has 0 aliphatic heterocycles. The zero-order chi connectivity index (χ0) is 17.1. The fourth-order valence-electron chi connectivity index (χ4n) is 2.46. The van der Waals surface area contributed by atoms with E-state index in [0.717, 1.165) is 26.5 Å². The van der Waals surface area contributed by atoms with Gasteiger partial charge in [-0.3, -0.25) is 4.79 Å². The van der Waals surface area contributed by atoms with Crippen LogP contribution in [-0.4, -0.2) is 12.0 Å². The minimum absolute atomic E-state index is 0.176. The first-order chi connectivity index (χ1) is 11.5. The number of rotatable bonds is 4. The molecule has 1 amide bonds. The fraction of sp³-hybridized carbons (Fsp3) is 0.150. The SMILES string of the molecule is Cc1cc(NC(=O)[C@H](C)Oc2ccc3ccccc3c2)ccc1Br. The molecule has 0 aliphatic carbocycles. The maximum absolute atomic E-state index is 12.3. The second kappa shape index (κ2) is 7.05. The minimum atomic E-state index is -0.588. The number of benzene rings is 3. The van der Waals surface area contributed by atoms with Crippen LogP contribution >= 0.6 is 15.9 Å². The highest BCUT2D eigenvalue weighted by atomic mass is 79.9. The first kappa shape index (κ1) is 16.5. The number of amides is 1. The number of fused-ring (bicyclic) bond motifs is 1. The lowest BCUT2D eigenvalue weighted by Gasteiger charge is -2.15. The van der Waals surface area contributed by atoms with Gasteiger partial charge >= 0.3 is 0 Å². The molecule has 3 rings (SSSR count). The number of nitrogens with one attached hydrogen (secondary N) is 1. The van der Waals surface area contributed by atoms with Gasteiger partial charge in [-0.05, 0) is 60.5 Å². The Morgan fingerprint density at radius 1 is 1.04 bits per heavy atom. The molecule has 1 atom stereocenters. The van der Waals surface area contributed by atoms with E-state index in [9.17, 15) is 4.79 Å². The molecule has 0 bridgehead atoms. The third kappa shape index (κ3) is 3.77. The molecule has 122 valence electrons. The summed E-state index contributed by atoms with van der Waals surface area (Å²) in [6.07, 6.45) is -0.588. The number of ether oxygens (including phenoxy) is 1. The average Bonchev–Trinajstić information content (AvgIpc) is 2.58. The molecule has 3 nitrogen and oxygen atoms in total. The number of anilines is 1. The quantitative estimate of drug-likeness (QED) is 0.662. The van der Waals surface area contributed by atoms with Crippen molar-refractivity contribution in [3.63, 3.8) is 0 Å². The molecule has 0 heterocycles. The summed E-state index contributed by atoms with van der Waals surface area (Å²) in [5.41, 5.74) is 1.82. The summed E-state index contributed by atoms with van der Waals surface area (Å²) in [4.78, 5) is 12.3. The zero-order valence-electron chi connectivity index (χ0n) is 13.5. The van der Waals surface area contributed by atoms with Crippen LogP contribution in [0.25, 0.3) is 10.8 Å². The third-order valence-electron chi connectivity index (χ3n) is 3.83. The Balaban J connectivity index is 1.69. The molecule has 0 saturated heterocycles. The van der Waals surface area contributed by atoms with E-state index in [1.165, 1.54) is 0 Å². The summed E-state index contributed by atoms with van der Waals surface area (Å²) >= 11 is 3.45. The van der Waals surface area contributed by atoms with Gasteiger partial charge in [-0.25, -0.2) is 0 Å². The van der Waals surface area contributed by atoms with Gasteiger partial charge < -0.3 is 10.1 Å². The molecule has 0 aliphatic rings. The molecule has 0 saturated carbocycles. The number of aryl methyl sites for hydroxylation is 1. The van der Waals surface area contributed by atoms with Gasteiger partial charge in [-0.2, -0.15) is 0 Å². The van der Waals surface area contributed by atoms with Crippen LogP contribution in [0.4, 0.5) is 5.69 Å². The molecule has 1 N–H and O–H groups in total. The monoisotopic (exact) mass is 383 g/mol. The lowest BCUT2D eigenvalue weighted by Crippen LogP contribution is -2.30. The van der Waals surface area contributed by atoms with E-state index in [4.69, 9.17) is 4.74 Å². The van der Waals surface area contributed by atoms with Gasteiger partial charge in [0.05, 0.1) is 0 Å². The molecule has 0 spiro atoms. The normalized spacial score (nSPS) is 12.0. The second-order valence-corrected chi connectivity index (χ2v) is 6.58. The van der Waals surface area contributed by atoms with Crippen molar-refractivity contribution in [2.24, 2.45) is 0 Å². The number of carbonyl (C=O) groups excluding carboxylic acids is 1. The van der Waals surface area contributed by atoms with Crippen molar-refractivity contribution < 1.29 is 9.53 Å². The number of halogens is 1. The Morgan fingerprint density at radius 3 is 2.54 bits per heavy atom. The Hall–Kier alpha value is -2.33. The molecule has 0 fully saturated rings. The molecule has 4 heteroatoms. The topological polar surface area (TPSA) is 38.3 Å².